The first-order valence-electron chi connectivity index (χ1n) is 11.3. The largest absolute Gasteiger partial charge is 0.353 e. The van der Waals surface area contributed by atoms with Crippen molar-refractivity contribution in [2.24, 2.45) is 0 Å². The Morgan fingerprint density at radius 1 is 0.970 bits per heavy atom. The predicted molar refractivity (Wildman–Crippen MR) is 130 cm³/mol. The molecule has 3 amide bonds. The third-order valence-electron chi connectivity index (χ3n) is 5.50. The van der Waals surface area contributed by atoms with Crippen LogP contribution >= 0.6 is 11.8 Å². The number of benzene rings is 2. The normalized spacial score (nSPS) is 14.6. The topological polar surface area (TPSA) is 87.3 Å². The van der Waals surface area contributed by atoms with Gasteiger partial charge in [0.1, 0.15) is 5.82 Å². The zero-order chi connectivity index (χ0) is 23.6. The fourth-order valence-corrected chi connectivity index (χ4v) is 4.74. The van der Waals surface area contributed by atoms with Crippen molar-refractivity contribution >= 4 is 40.9 Å². The molecule has 176 valence electrons. The maximum atomic E-state index is 13.9. The Morgan fingerprint density at radius 2 is 1.67 bits per heavy atom. The number of amides is 3. The lowest BCUT2D eigenvalue weighted by Gasteiger charge is -2.21. The number of hydrogen-bond donors (Lipinski definition) is 3. The number of carbonyl (C=O) groups is 3. The lowest BCUT2D eigenvalue weighted by atomic mass is 9.97. The minimum absolute atomic E-state index is 0.00570. The first-order chi connectivity index (χ1) is 15.9. The zero-order valence-electron chi connectivity index (χ0n) is 18.8. The van der Waals surface area contributed by atoms with E-state index in [-0.39, 0.29) is 29.3 Å². The second-order valence-electron chi connectivity index (χ2n) is 8.22. The molecular formula is C25H30FN3O3S. The quantitative estimate of drug-likeness (QED) is 0.475. The summed E-state index contributed by atoms with van der Waals surface area (Å²) in [6.45, 7) is 1.28. The summed E-state index contributed by atoms with van der Waals surface area (Å²) in [6, 6.07) is 11.3. The Kier molecular flexibility index (Phi) is 9.30. The van der Waals surface area contributed by atoms with Crippen LogP contribution in [-0.2, 0) is 9.59 Å². The van der Waals surface area contributed by atoms with E-state index < -0.39 is 11.7 Å². The van der Waals surface area contributed by atoms with Crippen LogP contribution in [0.2, 0.25) is 0 Å². The smallest absolute Gasteiger partial charge is 0.256 e. The summed E-state index contributed by atoms with van der Waals surface area (Å²) in [4.78, 5) is 37.3. The van der Waals surface area contributed by atoms with Gasteiger partial charge < -0.3 is 16.0 Å². The van der Waals surface area contributed by atoms with Crippen molar-refractivity contribution in [2.75, 3.05) is 16.4 Å². The molecule has 6 nitrogen and oxygen atoms in total. The van der Waals surface area contributed by atoms with Gasteiger partial charge in [-0.25, -0.2) is 4.39 Å². The first kappa shape index (κ1) is 24.8. The van der Waals surface area contributed by atoms with E-state index >= 15 is 0 Å². The van der Waals surface area contributed by atoms with Crippen molar-refractivity contribution in [1.82, 2.24) is 5.32 Å². The highest BCUT2D eigenvalue weighted by Gasteiger charge is 2.17. The number of hydrogen-bond acceptors (Lipinski definition) is 4. The predicted octanol–water partition coefficient (Wildman–Crippen LogP) is 5.36. The Bertz CT molecular complexity index is 991. The Hall–Kier alpha value is -2.87. The molecule has 3 N–H and O–H groups in total. The van der Waals surface area contributed by atoms with Crippen LogP contribution in [0.15, 0.2) is 47.4 Å². The first-order valence-corrected chi connectivity index (χ1v) is 12.3. The van der Waals surface area contributed by atoms with E-state index in [0.29, 0.717) is 16.1 Å². The molecule has 0 heterocycles. The van der Waals surface area contributed by atoms with Crippen LogP contribution in [0.5, 0.6) is 0 Å². The summed E-state index contributed by atoms with van der Waals surface area (Å²) < 4.78 is 13.9. The van der Waals surface area contributed by atoms with E-state index in [1.54, 1.807) is 18.2 Å². The van der Waals surface area contributed by atoms with Gasteiger partial charge in [0.25, 0.3) is 5.91 Å². The molecule has 1 fully saturated rings. The average molecular weight is 472 g/mol. The zero-order valence-corrected chi connectivity index (χ0v) is 19.6. The van der Waals surface area contributed by atoms with Crippen LogP contribution in [0.1, 0.15) is 62.2 Å². The van der Waals surface area contributed by atoms with Crippen molar-refractivity contribution < 1.29 is 18.8 Å². The molecule has 8 heteroatoms. The summed E-state index contributed by atoms with van der Waals surface area (Å²) in [7, 11) is 0. The molecule has 2 aromatic carbocycles. The van der Waals surface area contributed by atoms with Gasteiger partial charge in [-0.1, -0.05) is 44.2 Å². The van der Waals surface area contributed by atoms with Gasteiger partial charge in [-0.15, -0.1) is 11.8 Å². The maximum absolute atomic E-state index is 13.9. The lowest BCUT2D eigenvalue weighted by molar-refractivity contribution is -0.119. The van der Waals surface area contributed by atoms with Crippen molar-refractivity contribution in [3.8, 4) is 0 Å². The molecule has 0 unspecified atom stereocenters. The van der Waals surface area contributed by atoms with Gasteiger partial charge in [0.15, 0.2) is 0 Å². The second kappa shape index (κ2) is 12.4. The SMILES string of the molecule is CC(=O)Nc1cc(NC(=O)c2ccccc2SCC(=O)NC2CCCCCCC2)ccc1F. The fourth-order valence-electron chi connectivity index (χ4n) is 3.88. The van der Waals surface area contributed by atoms with E-state index in [4.69, 9.17) is 0 Å². The molecule has 0 spiro atoms. The summed E-state index contributed by atoms with van der Waals surface area (Å²) in [5, 5.41) is 8.27. The monoisotopic (exact) mass is 471 g/mol. The van der Waals surface area contributed by atoms with Gasteiger partial charge in [0, 0.05) is 23.5 Å². The molecule has 0 bridgehead atoms. The van der Waals surface area contributed by atoms with Gasteiger partial charge >= 0.3 is 0 Å². The van der Waals surface area contributed by atoms with Crippen molar-refractivity contribution in [3.05, 3.63) is 53.8 Å². The number of carbonyl (C=O) groups excluding carboxylic acids is 3. The summed E-state index contributed by atoms with van der Waals surface area (Å²) >= 11 is 1.32. The molecule has 3 rings (SSSR count). The highest BCUT2D eigenvalue weighted by molar-refractivity contribution is 8.00. The number of rotatable bonds is 7. The van der Waals surface area contributed by atoms with Crippen molar-refractivity contribution in [3.63, 3.8) is 0 Å². The molecule has 0 radical (unpaired) electrons. The van der Waals surface area contributed by atoms with Gasteiger partial charge in [-0.3, -0.25) is 14.4 Å². The molecule has 1 saturated carbocycles. The highest BCUT2D eigenvalue weighted by Crippen LogP contribution is 2.25. The van der Waals surface area contributed by atoms with E-state index in [1.807, 2.05) is 6.07 Å². The number of thioether (sulfide) groups is 1. The Labute approximate surface area is 198 Å². The molecular weight excluding hydrogens is 441 g/mol. The van der Waals surface area contributed by atoms with E-state index in [9.17, 15) is 18.8 Å². The van der Waals surface area contributed by atoms with Crippen LogP contribution in [0, 0.1) is 5.82 Å². The Morgan fingerprint density at radius 3 is 2.39 bits per heavy atom. The Balaban J connectivity index is 1.61. The summed E-state index contributed by atoms with van der Waals surface area (Å²) in [6.07, 6.45) is 8.07. The number of halogens is 1. The van der Waals surface area contributed by atoms with E-state index in [1.165, 1.54) is 56.1 Å². The van der Waals surface area contributed by atoms with Crippen LogP contribution < -0.4 is 16.0 Å². The molecule has 1 aliphatic carbocycles. The standard InChI is InChI=1S/C25H30FN3O3S/c1-17(30)27-22-15-19(13-14-21(22)26)29-25(32)20-11-7-8-12-23(20)33-16-24(31)28-18-9-5-3-2-4-6-10-18/h7-8,11-15,18H,2-6,9-10,16H2,1H3,(H,27,30)(H,28,31)(H,29,32). The molecule has 2 aromatic rings. The molecule has 0 aromatic heterocycles. The molecule has 0 aliphatic heterocycles. The molecule has 33 heavy (non-hydrogen) atoms. The third-order valence-corrected chi connectivity index (χ3v) is 6.57. The summed E-state index contributed by atoms with van der Waals surface area (Å²) in [5.74, 6) is -1.17. The van der Waals surface area contributed by atoms with Crippen molar-refractivity contribution in [1.29, 1.82) is 0 Å². The highest BCUT2D eigenvalue weighted by atomic mass is 32.2. The van der Waals surface area contributed by atoms with Gasteiger partial charge in [-0.2, -0.15) is 0 Å². The lowest BCUT2D eigenvalue weighted by Crippen LogP contribution is -2.36. The van der Waals surface area contributed by atoms with Crippen LogP contribution in [0.3, 0.4) is 0 Å². The minimum Gasteiger partial charge on any atom is -0.353 e. The van der Waals surface area contributed by atoms with E-state index in [0.717, 1.165) is 25.7 Å². The van der Waals surface area contributed by atoms with Gasteiger partial charge in [0.05, 0.1) is 17.0 Å². The van der Waals surface area contributed by atoms with Crippen LogP contribution in [0.25, 0.3) is 0 Å². The molecule has 0 atom stereocenters. The number of nitrogens with one attached hydrogen (secondary N) is 3. The third kappa shape index (κ3) is 7.89. The van der Waals surface area contributed by atoms with Gasteiger partial charge in [-0.05, 0) is 43.2 Å². The average Bonchev–Trinajstić information content (AvgIpc) is 2.76. The minimum atomic E-state index is -0.588. The van der Waals surface area contributed by atoms with Gasteiger partial charge in [0.2, 0.25) is 11.8 Å². The maximum Gasteiger partial charge on any atom is 0.256 e. The fraction of sp³-hybridized carbons (Fsp3) is 0.400. The molecule has 0 saturated heterocycles. The second-order valence-corrected chi connectivity index (χ2v) is 9.24. The van der Waals surface area contributed by atoms with Crippen LogP contribution in [-0.4, -0.2) is 29.5 Å². The van der Waals surface area contributed by atoms with Crippen molar-refractivity contribution in [2.45, 2.75) is 62.8 Å². The summed E-state index contributed by atoms with van der Waals surface area (Å²) in [5.41, 5.74) is 0.771. The number of anilines is 2. The van der Waals surface area contributed by atoms with E-state index in [2.05, 4.69) is 16.0 Å². The van der Waals surface area contributed by atoms with Crippen LogP contribution in [0.4, 0.5) is 15.8 Å². The molecule has 1 aliphatic rings.